The number of carbonyl (C=O) groups is 1. The van der Waals surface area contributed by atoms with E-state index in [0.717, 1.165) is 0 Å². The van der Waals surface area contributed by atoms with Gasteiger partial charge >= 0.3 is 6.09 Å². The van der Waals surface area contributed by atoms with Gasteiger partial charge in [-0.1, -0.05) is 0 Å². The Labute approximate surface area is 153 Å². The summed E-state index contributed by atoms with van der Waals surface area (Å²) >= 11 is -1.04. The van der Waals surface area contributed by atoms with Gasteiger partial charge in [-0.15, -0.1) is 4.72 Å². The van der Waals surface area contributed by atoms with Crippen LogP contribution in [0.4, 0.5) is 4.79 Å². The predicted molar refractivity (Wildman–Crippen MR) is 96.2 cm³/mol. The zero-order valence-electron chi connectivity index (χ0n) is 16.2. The highest BCUT2D eigenvalue weighted by molar-refractivity contribution is 7.90. The van der Waals surface area contributed by atoms with Crippen molar-refractivity contribution in [2.45, 2.75) is 70.3 Å². The van der Waals surface area contributed by atoms with Crippen molar-refractivity contribution < 1.29 is 14.5 Å². The quantitative estimate of drug-likeness (QED) is 0.750. The predicted octanol–water partition coefficient (Wildman–Crippen LogP) is 2.70. The number of carboxylic acid groups (broad SMARTS) is 1. The third-order valence-electron chi connectivity index (χ3n) is 8.49. The fourth-order valence-corrected chi connectivity index (χ4v) is 9.22. The number of nitrogens with one attached hydrogen (secondary N) is 1. The average Bonchev–Trinajstić information content (AvgIpc) is 2.44. The van der Waals surface area contributed by atoms with Gasteiger partial charge in [0.05, 0.1) is 11.6 Å². The highest BCUT2D eigenvalue weighted by Crippen LogP contribution is 3.08. The maximum absolute atomic E-state index is 12.5. The van der Waals surface area contributed by atoms with E-state index in [1.165, 1.54) is 0 Å². The SMILES string of the molecule is C[C@H](N[S+]([O-])C(C)(C)C)C12C3C4C1C1C2C3C41N(C(=O)O)C(C)(C)C. The Morgan fingerprint density at radius 3 is 1.84 bits per heavy atom. The number of rotatable bonds is 4. The standard InChI is InChI=1S/C19H30N2O3S/c1-8(20-25(24)17(5,6)7)18-9-12-10(18)14-11(18)13(9)19(12,14)21(15(22)23)16(2,3)4/h8-14,20H,1-7H3,(H,22,23)/t8-,9?,10?,11?,12?,13?,14?,18?,19?,25?/m0/s1. The van der Waals surface area contributed by atoms with E-state index in [9.17, 15) is 14.5 Å². The van der Waals surface area contributed by atoms with E-state index in [2.05, 4.69) is 11.6 Å². The third-order valence-corrected chi connectivity index (χ3v) is 10.2. The summed E-state index contributed by atoms with van der Waals surface area (Å²) in [6.45, 7) is 14.3. The summed E-state index contributed by atoms with van der Waals surface area (Å²) in [7, 11) is 0. The Morgan fingerprint density at radius 2 is 1.52 bits per heavy atom. The van der Waals surface area contributed by atoms with Crippen molar-refractivity contribution in [3.05, 3.63) is 0 Å². The van der Waals surface area contributed by atoms with Crippen molar-refractivity contribution in [1.82, 2.24) is 9.62 Å². The zero-order valence-corrected chi connectivity index (χ0v) is 17.0. The minimum Gasteiger partial charge on any atom is -0.598 e. The molecule has 6 aliphatic rings. The second-order valence-electron chi connectivity index (χ2n) is 11.1. The smallest absolute Gasteiger partial charge is 0.408 e. The summed E-state index contributed by atoms with van der Waals surface area (Å²) in [5.41, 5.74) is -0.0596. The molecule has 2 N–H and O–H groups in total. The van der Waals surface area contributed by atoms with E-state index in [-0.39, 0.29) is 21.9 Å². The van der Waals surface area contributed by atoms with Gasteiger partial charge in [0.25, 0.3) is 0 Å². The lowest BCUT2D eigenvalue weighted by molar-refractivity contribution is -0.647. The molecular formula is C19H30N2O3S. The van der Waals surface area contributed by atoms with Crippen LogP contribution >= 0.6 is 0 Å². The van der Waals surface area contributed by atoms with Crippen LogP contribution < -0.4 is 4.72 Å². The van der Waals surface area contributed by atoms with E-state index in [1.54, 1.807) is 4.90 Å². The fraction of sp³-hybridized carbons (Fsp3) is 0.947. The van der Waals surface area contributed by atoms with Gasteiger partial charge in [0.15, 0.2) is 0 Å². The molecule has 140 valence electrons. The first-order valence-electron chi connectivity index (χ1n) is 9.56. The largest absolute Gasteiger partial charge is 0.598 e. The van der Waals surface area contributed by atoms with Gasteiger partial charge in [0.1, 0.15) is 4.75 Å². The summed E-state index contributed by atoms with van der Waals surface area (Å²) in [6, 6.07) is 0.266. The van der Waals surface area contributed by atoms with Crippen LogP contribution in [0.5, 0.6) is 0 Å². The molecule has 0 spiro atoms. The van der Waals surface area contributed by atoms with Crippen LogP contribution in [0.3, 0.4) is 0 Å². The van der Waals surface area contributed by atoms with Crippen molar-refractivity contribution >= 4 is 17.5 Å². The van der Waals surface area contributed by atoms with Crippen LogP contribution in [0.1, 0.15) is 48.5 Å². The average molecular weight is 367 g/mol. The second kappa shape index (κ2) is 4.02. The van der Waals surface area contributed by atoms with Gasteiger partial charge in [-0.3, -0.25) is 4.90 Å². The lowest BCUT2D eigenvalue weighted by atomic mass is 8.93. The highest BCUT2D eigenvalue weighted by Gasteiger charge is 3.12. The van der Waals surface area contributed by atoms with E-state index < -0.39 is 17.5 Å². The molecule has 0 bridgehead atoms. The number of amides is 1. The van der Waals surface area contributed by atoms with E-state index in [0.29, 0.717) is 40.9 Å². The minimum atomic E-state index is -1.04. The van der Waals surface area contributed by atoms with Crippen LogP contribution in [0.2, 0.25) is 0 Å². The normalized spacial score (nSPS) is 52.5. The molecule has 6 fully saturated rings. The molecule has 0 radical (unpaired) electrons. The lowest BCUT2D eigenvalue weighted by Gasteiger charge is -3.12. The Morgan fingerprint density at radius 1 is 1.08 bits per heavy atom. The first-order chi connectivity index (χ1) is 11.3. The Balaban J connectivity index is 1.36. The van der Waals surface area contributed by atoms with E-state index in [1.807, 2.05) is 41.5 Å². The van der Waals surface area contributed by atoms with Crippen molar-refractivity contribution in [1.29, 1.82) is 0 Å². The molecule has 0 aromatic carbocycles. The third kappa shape index (κ3) is 1.30. The molecule has 1 amide bonds. The summed E-state index contributed by atoms with van der Waals surface area (Å²) < 4.78 is 15.7. The van der Waals surface area contributed by atoms with E-state index in [4.69, 9.17) is 0 Å². The molecule has 0 aliphatic heterocycles. The number of nitrogens with zero attached hydrogens (tertiary/aromatic N) is 1. The monoisotopic (exact) mass is 366 g/mol. The maximum atomic E-state index is 12.5. The second-order valence-corrected chi connectivity index (χ2v) is 13.0. The van der Waals surface area contributed by atoms with Crippen molar-refractivity contribution in [2.24, 2.45) is 40.9 Å². The molecule has 6 saturated carbocycles. The first-order valence-corrected chi connectivity index (χ1v) is 10.7. The number of hydrogen-bond donors (Lipinski definition) is 2. The van der Waals surface area contributed by atoms with Crippen molar-refractivity contribution in [2.75, 3.05) is 0 Å². The summed E-state index contributed by atoms with van der Waals surface area (Å²) in [5.74, 6) is 3.68. The van der Waals surface area contributed by atoms with Crippen LogP contribution in [-0.2, 0) is 11.4 Å². The summed E-state index contributed by atoms with van der Waals surface area (Å²) in [4.78, 5) is 13.8. The van der Waals surface area contributed by atoms with Crippen molar-refractivity contribution in [3.63, 3.8) is 0 Å². The molecule has 6 rings (SSSR count). The molecule has 6 heteroatoms. The molecule has 25 heavy (non-hydrogen) atoms. The van der Waals surface area contributed by atoms with Crippen molar-refractivity contribution in [3.8, 4) is 0 Å². The van der Waals surface area contributed by atoms with Crippen LogP contribution in [0.15, 0.2) is 0 Å². The topological polar surface area (TPSA) is 75.6 Å². The molecule has 0 aromatic heterocycles. The molecule has 2 atom stereocenters. The molecule has 0 aromatic rings. The molecule has 6 aliphatic carbocycles. The van der Waals surface area contributed by atoms with Gasteiger partial charge in [-0.05, 0) is 84.0 Å². The van der Waals surface area contributed by atoms with Gasteiger partial charge in [0, 0.05) is 22.3 Å². The maximum Gasteiger partial charge on any atom is 0.408 e. The Hall–Kier alpha value is -0.460. The van der Waals surface area contributed by atoms with Gasteiger partial charge in [-0.2, -0.15) is 0 Å². The molecule has 0 saturated heterocycles. The zero-order chi connectivity index (χ0) is 18.5. The first kappa shape index (κ1) is 16.7. The molecule has 1 unspecified atom stereocenters. The van der Waals surface area contributed by atoms with Crippen LogP contribution in [0.25, 0.3) is 0 Å². The number of hydrogen-bond acceptors (Lipinski definition) is 3. The van der Waals surface area contributed by atoms with Gasteiger partial charge in [-0.25, -0.2) is 4.79 Å². The van der Waals surface area contributed by atoms with Crippen LogP contribution in [-0.4, -0.2) is 42.5 Å². The fourth-order valence-electron chi connectivity index (χ4n) is 8.34. The molecule has 5 nitrogen and oxygen atoms in total. The minimum absolute atomic E-state index is 0.0469. The van der Waals surface area contributed by atoms with E-state index >= 15 is 0 Å². The molecular weight excluding hydrogens is 336 g/mol. The Bertz CT molecular complexity index is 626. The Kier molecular flexibility index (Phi) is 2.68. The van der Waals surface area contributed by atoms with Gasteiger partial charge < -0.3 is 9.66 Å². The van der Waals surface area contributed by atoms with Crippen LogP contribution in [0, 0.1) is 40.9 Å². The molecule has 0 heterocycles. The highest BCUT2D eigenvalue weighted by atomic mass is 32.2. The summed E-state index contributed by atoms with van der Waals surface area (Å²) in [6.07, 6.45) is -0.753. The van der Waals surface area contributed by atoms with Gasteiger partial charge in [0.2, 0.25) is 0 Å². The lowest BCUT2D eigenvalue weighted by Crippen LogP contribution is -3.17. The summed E-state index contributed by atoms with van der Waals surface area (Å²) in [5, 5.41) is 9.86.